The quantitative estimate of drug-likeness (QED) is 0.820. The van der Waals surface area contributed by atoms with Gasteiger partial charge in [-0.1, -0.05) is 0 Å². The molecule has 2 rings (SSSR count). The minimum Gasteiger partial charge on any atom is -0.363 e. The summed E-state index contributed by atoms with van der Waals surface area (Å²) in [7, 11) is -0.694. The molecule has 1 aromatic rings. The van der Waals surface area contributed by atoms with Crippen LogP contribution in [-0.4, -0.2) is 31.7 Å². The third-order valence-corrected chi connectivity index (χ3v) is 3.76. The van der Waals surface area contributed by atoms with Gasteiger partial charge >= 0.3 is 0 Å². The van der Waals surface area contributed by atoms with E-state index in [4.69, 9.17) is 0 Å². The number of hydrogen-bond donors (Lipinski definition) is 1. The summed E-state index contributed by atoms with van der Waals surface area (Å²) in [5, 5.41) is 2.99. The number of nitrogens with zero attached hydrogens (tertiary/aromatic N) is 2. The fourth-order valence-corrected chi connectivity index (χ4v) is 2.85. The molecule has 1 N–H and O–H groups in total. The highest BCUT2D eigenvalue weighted by Gasteiger charge is 2.19. The van der Waals surface area contributed by atoms with Crippen LogP contribution in [0.2, 0.25) is 0 Å². The van der Waals surface area contributed by atoms with Gasteiger partial charge in [0.1, 0.15) is 0 Å². The van der Waals surface area contributed by atoms with E-state index in [9.17, 15) is 8.60 Å². The van der Waals surface area contributed by atoms with E-state index in [1.807, 2.05) is 0 Å². The number of nitrogens with one attached hydrogen (secondary N) is 1. The monoisotopic (exact) mass is 229 g/mol. The molecule has 1 fully saturated rings. The van der Waals surface area contributed by atoms with Gasteiger partial charge in [0, 0.05) is 40.7 Å². The minimum atomic E-state index is -0.694. The molecule has 0 bridgehead atoms. The van der Waals surface area contributed by atoms with E-state index in [-0.39, 0.29) is 11.9 Å². The first kappa shape index (κ1) is 10.5. The van der Waals surface area contributed by atoms with Crippen LogP contribution >= 0.6 is 0 Å². The fourth-order valence-electron chi connectivity index (χ4n) is 1.55. The van der Waals surface area contributed by atoms with Crippen LogP contribution in [0.4, 0.5) is 10.2 Å². The first-order valence-electron chi connectivity index (χ1n) is 4.84. The predicted octanol–water partition coefficient (Wildman–Crippen LogP) is 0.939. The molecule has 2 heterocycles. The molecule has 1 aliphatic rings. The molecule has 0 atom stereocenters. The van der Waals surface area contributed by atoms with Crippen molar-refractivity contribution < 1.29 is 8.60 Å². The highest BCUT2D eigenvalue weighted by molar-refractivity contribution is 7.85. The van der Waals surface area contributed by atoms with Crippen molar-refractivity contribution in [1.82, 2.24) is 9.97 Å². The van der Waals surface area contributed by atoms with Gasteiger partial charge in [-0.25, -0.2) is 9.97 Å². The van der Waals surface area contributed by atoms with Crippen molar-refractivity contribution in [3.05, 3.63) is 18.3 Å². The van der Waals surface area contributed by atoms with Crippen molar-refractivity contribution in [3.8, 4) is 0 Å². The van der Waals surface area contributed by atoms with Crippen molar-refractivity contribution in [1.29, 1.82) is 0 Å². The van der Waals surface area contributed by atoms with Crippen LogP contribution < -0.4 is 5.32 Å². The molecule has 15 heavy (non-hydrogen) atoms. The summed E-state index contributed by atoms with van der Waals surface area (Å²) in [5.74, 6) is 0.971. The second-order valence-electron chi connectivity index (χ2n) is 3.46. The molecule has 0 radical (unpaired) electrons. The molecule has 0 aromatic carbocycles. The molecule has 0 amide bonds. The lowest BCUT2D eigenvalue weighted by Crippen LogP contribution is -2.30. The van der Waals surface area contributed by atoms with Gasteiger partial charge in [-0.2, -0.15) is 4.39 Å². The van der Waals surface area contributed by atoms with Gasteiger partial charge in [-0.3, -0.25) is 4.21 Å². The summed E-state index contributed by atoms with van der Waals surface area (Å²) in [6.07, 6.45) is 4.36. The Hall–Kier alpha value is -1.04. The van der Waals surface area contributed by atoms with E-state index >= 15 is 0 Å². The maximum absolute atomic E-state index is 13.1. The summed E-state index contributed by atoms with van der Waals surface area (Å²) < 4.78 is 24.2. The van der Waals surface area contributed by atoms with Crippen LogP contribution in [-0.2, 0) is 10.8 Å². The van der Waals surface area contributed by atoms with E-state index < -0.39 is 16.7 Å². The Kier molecular flexibility index (Phi) is 3.25. The number of hydrogen-bond acceptors (Lipinski definition) is 4. The van der Waals surface area contributed by atoms with Crippen LogP contribution in [0.5, 0.6) is 0 Å². The summed E-state index contributed by atoms with van der Waals surface area (Å²) in [6, 6.07) is 0.161. The molecule has 1 saturated heterocycles. The van der Waals surface area contributed by atoms with Crippen molar-refractivity contribution in [2.75, 3.05) is 16.8 Å². The maximum Gasteiger partial charge on any atom is 0.255 e. The standard InChI is InChI=1S/C9H12FN3OS/c10-8-9(12-4-3-11-8)13-7-1-5-15(14)6-2-7/h3-4,7H,1-2,5-6H2,(H,12,13). The molecular formula is C9H12FN3OS. The number of aromatic nitrogens is 2. The average molecular weight is 229 g/mol. The van der Waals surface area contributed by atoms with Gasteiger partial charge in [0.2, 0.25) is 0 Å². The van der Waals surface area contributed by atoms with Crippen LogP contribution in [0.1, 0.15) is 12.8 Å². The summed E-state index contributed by atoms with van der Waals surface area (Å²) in [6.45, 7) is 0. The zero-order valence-electron chi connectivity index (χ0n) is 8.15. The van der Waals surface area contributed by atoms with E-state index in [1.54, 1.807) is 0 Å². The number of rotatable bonds is 2. The largest absolute Gasteiger partial charge is 0.363 e. The Morgan fingerprint density at radius 1 is 1.33 bits per heavy atom. The van der Waals surface area contributed by atoms with E-state index in [1.165, 1.54) is 12.4 Å². The summed E-state index contributed by atoms with van der Waals surface area (Å²) >= 11 is 0. The summed E-state index contributed by atoms with van der Waals surface area (Å²) in [5.41, 5.74) is 0. The zero-order chi connectivity index (χ0) is 10.7. The molecule has 0 saturated carbocycles. The lowest BCUT2D eigenvalue weighted by atomic mass is 10.1. The van der Waals surface area contributed by atoms with Gasteiger partial charge in [0.25, 0.3) is 5.95 Å². The van der Waals surface area contributed by atoms with Crippen molar-refractivity contribution >= 4 is 16.6 Å². The second kappa shape index (κ2) is 4.65. The Morgan fingerprint density at radius 3 is 2.67 bits per heavy atom. The molecule has 82 valence electrons. The second-order valence-corrected chi connectivity index (χ2v) is 5.16. The lowest BCUT2D eigenvalue weighted by Gasteiger charge is -2.22. The molecule has 1 aromatic heterocycles. The highest BCUT2D eigenvalue weighted by atomic mass is 32.2. The van der Waals surface area contributed by atoms with Crippen molar-refractivity contribution in [2.24, 2.45) is 0 Å². The van der Waals surface area contributed by atoms with Crippen molar-refractivity contribution in [3.63, 3.8) is 0 Å². The van der Waals surface area contributed by atoms with Gasteiger partial charge in [0.15, 0.2) is 5.82 Å². The molecule has 1 aliphatic heterocycles. The van der Waals surface area contributed by atoms with Crippen LogP contribution in [0.3, 0.4) is 0 Å². The molecule has 0 unspecified atom stereocenters. The molecule has 0 aliphatic carbocycles. The van der Waals surface area contributed by atoms with Gasteiger partial charge in [-0.15, -0.1) is 0 Å². The number of halogens is 1. The minimum absolute atomic E-state index is 0.161. The first-order valence-corrected chi connectivity index (χ1v) is 6.32. The topological polar surface area (TPSA) is 54.9 Å². The Morgan fingerprint density at radius 2 is 2.00 bits per heavy atom. The van der Waals surface area contributed by atoms with Gasteiger partial charge < -0.3 is 5.32 Å². The Labute approximate surface area is 89.8 Å². The third-order valence-electron chi connectivity index (χ3n) is 2.38. The van der Waals surface area contributed by atoms with Crippen LogP contribution in [0, 0.1) is 5.95 Å². The van der Waals surface area contributed by atoms with Crippen molar-refractivity contribution in [2.45, 2.75) is 18.9 Å². The van der Waals surface area contributed by atoms with Gasteiger partial charge in [-0.05, 0) is 12.8 Å². The fraction of sp³-hybridized carbons (Fsp3) is 0.556. The van der Waals surface area contributed by atoms with E-state index in [2.05, 4.69) is 15.3 Å². The molecule has 6 heteroatoms. The van der Waals surface area contributed by atoms with E-state index in [0.717, 1.165) is 12.8 Å². The third kappa shape index (κ3) is 2.71. The zero-order valence-corrected chi connectivity index (χ0v) is 8.97. The Bertz CT molecular complexity index is 364. The summed E-state index contributed by atoms with van der Waals surface area (Å²) in [4.78, 5) is 7.37. The predicted molar refractivity (Wildman–Crippen MR) is 56.5 cm³/mol. The number of anilines is 1. The van der Waals surface area contributed by atoms with Crippen LogP contribution in [0.25, 0.3) is 0 Å². The normalized spacial score (nSPS) is 26.2. The lowest BCUT2D eigenvalue weighted by molar-refractivity contribution is 0.568. The Balaban J connectivity index is 1.97. The van der Waals surface area contributed by atoms with E-state index in [0.29, 0.717) is 11.5 Å². The molecule has 4 nitrogen and oxygen atoms in total. The first-order chi connectivity index (χ1) is 7.25. The smallest absolute Gasteiger partial charge is 0.255 e. The highest BCUT2D eigenvalue weighted by Crippen LogP contribution is 2.15. The SMILES string of the molecule is O=S1CCC(Nc2nccnc2F)CC1. The molecule has 0 spiro atoms. The molecular weight excluding hydrogens is 217 g/mol. The van der Waals surface area contributed by atoms with Crippen LogP contribution in [0.15, 0.2) is 12.4 Å². The maximum atomic E-state index is 13.1. The van der Waals surface area contributed by atoms with Gasteiger partial charge in [0.05, 0.1) is 0 Å². The average Bonchev–Trinajstić information content (AvgIpc) is 2.25.